The molecule has 1 atom stereocenters. The topological polar surface area (TPSA) is 12.0 Å². The molecular formula is C11H11F4N. The number of alkyl halides is 4. The van der Waals surface area contributed by atoms with E-state index in [2.05, 4.69) is 5.32 Å². The van der Waals surface area contributed by atoms with Crippen molar-refractivity contribution < 1.29 is 17.6 Å². The van der Waals surface area contributed by atoms with Crippen LogP contribution >= 0.6 is 0 Å². The van der Waals surface area contributed by atoms with Crippen molar-refractivity contribution in [2.45, 2.75) is 25.2 Å². The van der Waals surface area contributed by atoms with Crippen LogP contribution in [0.3, 0.4) is 0 Å². The maximum absolute atomic E-state index is 12.4. The molecule has 0 saturated carbocycles. The average Bonchev–Trinajstić information content (AvgIpc) is 2.26. The van der Waals surface area contributed by atoms with E-state index in [1.807, 2.05) is 0 Å². The minimum absolute atomic E-state index is 0.274. The Hall–Kier alpha value is -1.10. The first-order valence-electron chi connectivity index (χ1n) is 4.99. The second-order valence-electron chi connectivity index (χ2n) is 3.92. The summed E-state index contributed by atoms with van der Waals surface area (Å²) in [4.78, 5) is 0. The zero-order valence-electron chi connectivity index (χ0n) is 8.44. The summed E-state index contributed by atoms with van der Waals surface area (Å²) in [5.41, 5.74) is 0.765. The number of hydrogen-bond donors (Lipinski definition) is 1. The smallest absolute Gasteiger partial charge is 0.307 e. The first-order chi connectivity index (χ1) is 7.50. The molecule has 1 N–H and O–H groups in total. The van der Waals surface area contributed by atoms with Crippen molar-refractivity contribution in [3.8, 4) is 0 Å². The molecule has 1 aliphatic rings. The third kappa shape index (κ3) is 2.19. The van der Waals surface area contributed by atoms with Crippen molar-refractivity contribution in [2.75, 3.05) is 6.67 Å². The fourth-order valence-corrected chi connectivity index (χ4v) is 1.87. The molecule has 0 amide bonds. The van der Waals surface area contributed by atoms with Gasteiger partial charge in [0.2, 0.25) is 0 Å². The Bertz CT molecular complexity index is 386. The molecule has 1 heterocycles. The highest BCUT2D eigenvalue weighted by molar-refractivity contribution is 5.35. The maximum Gasteiger partial charge on any atom is 0.416 e. The van der Waals surface area contributed by atoms with Crippen LogP contribution in [0.1, 0.15) is 16.7 Å². The zero-order valence-corrected chi connectivity index (χ0v) is 8.44. The number of halogens is 4. The molecule has 2 rings (SSSR count). The molecule has 1 unspecified atom stereocenters. The monoisotopic (exact) mass is 233 g/mol. The summed E-state index contributed by atoms with van der Waals surface area (Å²) in [6.07, 6.45) is -3.87. The van der Waals surface area contributed by atoms with E-state index in [4.69, 9.17) is 0 Å². The second-order valence-corrected chi connectivity index (χ2v) is 3.92. The molecular weight excluding hydrogens is 222 g/mol. The van der Waals surface area contributed by atoms with Crippen LogP contribution in [0.4, 0.5) is 17.6 Å². The highest BCUT2D eigenvalue weighted by Crippen LogP contribution is 2.31. The van der Waals surface area contributed by atoms with Crippen LogP contribution in [0, 0.1) is 0 Å². The molecule has 0 radical (unpaired) electrons. The Morgan fingerprint density at radius 1 is 1.25 bits per heavy atom. The van der Waals surface area contributed by atoms with Gasteiger partial charge in [-0.05, 0) is 29.7 Å². The van der Waals surface area contributed by atoms with Gasteiger partial charge in [-0.25, -0.2) is 4.39 Å². The van der Waals surface area contributed by atoms with Gasteiger partial charge in [0.1, 0.15) is 6.67 Å². The van der Waals surface area contributed by atoms with Crippen molar-refractivity contribution in [1.82, 2.24) is 5.32 Å². The van der Waals surface area contributed by atoms with Crippen molar-refractivity contribution in [3.63, 3.8) is 0 Å². The number of nitrogens with one attached hydrogen (secondary N) is 1. The number of rotatable bonds is 1. The van der Waals surface area contributed by atoms with Crippen molar-refractivity contribution >= 4 is 0 Å². The first kappa shape index (κ1) is 11.4. The molecule has 0 spiro atoms. The number of benzene rings is 1. The van der Waals surface area contributed by atoms with E-state index in [9.17, 15) is 17.6 Å². The number of fused-ring (bicyclic) bond motifs is 1. The SMILES string of the molecule is FCC1Cc2ccc(C(F)(F)F)cc2CN1. The Kier molecular flexibility index (Phi) is 2.88. The average molecular weight is 233 g/mol. The van der Waals surface area contributed by atoms with Gasteiger partial charge in [-0.2, -0.15) is 13.2 Å². The highest BCUT2D eigenvalue weighted by atomic mass is 19.4. The van der Waals surface area contributed by atoms with E-state index in [0.29, 0.717) is 18.5 Å². The molecule has 0 aliphatic carbocycles. The van der Waals surface area contributed by atoms with Gasteiger partial charge >= 0.3 is 6.18 Å². The summed E-state index contributed by atoms with van der Waals surface area (Å²) in [5.74, 6) is 0. The van der Waals surface area contributed by atoms with Crippen LogP contribution in [-0.2, 0) is 19.1 Å². The van der Waals surface area contributed by atoms with Crippen LogP contribution in [0.5, 0.6) is 0 Å². The van der Waals surface area contributed by atoms with Gasteiger partial charge in [-0.15, -0.1) is 0 Å². The predicted molar refractivity (Wildman–Crippen MR) is 51.8 cm³/mol. The molecule has 1 aromatic carbocycles. The summed E-state index contributed by atoms with van der Waals surface area (Å²) < 4.78 is 49.7. The molecule has 0 fully saturated rings. The van der Waals surface area contributed by atoms with E-state index in [1.165, 1.54) is 6.07 Å². The summed E-state index contributed by atoms with van der Waals surface area (Å²) in [6, 6.07) is 3.36. The fraction of sp³-hybridized carbons (Fsp3) is 0.455. The Balaban J connectivity index is 2.28. The standard InChI is InChI=1S/C11H11F4N/c12-5-10-4-7-1-2-9(11(13,14)15)3-8(7)6-16-10/h1-3,10,16H,4-6H2. The van der Waals surface area contributed by atoms with Gasteiger partial charge in [0, 0.05) is 12.6 Å². The third-order valence-electron chi connectivity index (χ3n) is 2.77. The lowest BCUT2D eigenvalue weighted by Gasteiger charge is -2.24. The fourth-order valence-electron chi connectivity index (χ4n) is 1.87. The Labute approximate surface area is 90.5 Å². The Morgan fingerprint density at radius 3 is 2.62 bits per heavy atom. The predicted octanol–water partition coefficient (Wildman–Crippen LogP) is 2.69. The van der Waals surface area contributed by atoms with Gasteiger partial charge in [-0.3, -0.25) is 0 Å². The summed E-state index contributed by atoms with van der Waals surface area (Å²) in [7, 11) is 0. The molecule has 0 bridgehead atoms. The molecule has 16 heavy (non-hydrogen) atoms. The second kappa shape index (κ2) is 4.05. The van der Waals surface area contributed by atoms with E-state index in [1.54, 1.807) is 0 Å². The molecule has 1 aromatic rings. The lowest BCUT2D eigenvalue weighted by molar-refractivity contribution is -0.137. The van der Waals surface area contributed by atoms with Crippen LogP contribution in [0.25, 0.3) is 0 Å². The van der Waals surface area contributed by atoms with E-state index >= 15 is 0 Å². The van der Waals surface area contributed by atoms with Crippen LogP contribution in [0.15, 0.2) is 18.2 Å². The van der Waals surface area contributed by atoms with Crippen molar-refractivity contribution in [3.05, 3.63) is 34.9 Å². The third-order valence-corrected chi connectivity index (χ3v) is 2.77. The largest absolute Gasteiger partial charge is 0.416 e. The van der Waals surface area contributed by atoms with Gasteiger partial charge < -0.3 is 5.32 Å². The van der Waals surface area contributed by atoms with Crippen LogP contribution in [0.2, 0.25) is 0 Å². The Morgan fingerprint density at radius 2 is 2.00 bits per heavy atom. The molecule has 0 saturated heterocycles. The zero-order chi connectivity index (χ0) is 11.8. The summed E-state index contributed by atoms with van der Waals surface area (Å²) in [6.45, 7) is -0.200. The minimum Gasteiger partial charge on any atom is -0.307 e. The normalized spacial score (nSPS) is 20.6. The minimum atomic E-state index is -4.31. The van der Waals surface area contributed by atoms with Crippen molar-refractivity contribution in [2.24, 2.45) is 0 Å². The lowest BCUT2D eigenvalue weighted by atomic mass is 9.94. The van der Waals surface area contributed by atoms with E-state index in [-0.39, 0.29) is 6.04 Å². The summed E-state index contributed by atoms with van der Waals surface area (Å²) >= 11 is 0. The van der Waals surface area contributed by atoms with Gasteiger partial charge in [0.05, 0.1) is 5.56 Å². The highest BCUT2D eigenvalue weighted by Gasteiger charge is 2.31. The lowest BCUT2D eigenvalue weighted by Crippen LogP contribution is -2.37. The summed E-state index contributed by atoms with van der Waals surface area (Å²) in [5, 5.41) is 2.86. The van der Waals surface area contributed by atoms with Crippen LogP contribution < -0.4 is 5.32 Å². The molecule has 1 nitrogen and oxygen atoms in total. The molecule has 88 valence electrons. The van der Waals surface area contributed by atoms with E-state index < -0.39 is 18.4 Å². The molecule has 5 heteroatoms. The molecule has 1 aliphatic heterocycles. The van der Waals surface area contributed by atoms with Crippen LogP contribution in [-0.4, -0.2) is 12.7 Å². The number of hydrogen-bond acceptors (Lipinski definition) is 1. The van der Waals surface area contributed by atoms with Crippen molar-refractivity contribution in [1.29, 1.82) is 0 Å². The first-order valence-corrected chi connectivity index (χ1v) is 4.99. The maximum atomic E-state index is 12.4. The van der Waals surface area contributed by atoms with Gasteiger partial charge in [-0.1, -0.05) is 6.07 Å². The van der Waals surface area contributed by atoms with Gasteiger partial charge in [0.25, 0.3) is 0 Å². The van der Waals surface area contributed by atoms with E-state index in [0.717, 1.165) is 17.7 Å². The quantitative estimate of drug-likeness (QED) is 0.735. The molecule has 0 aromatic heterocycles. The van der Waals surface area contributed by atoms with Gasteiger partial charge in [0.15, 0.2) is 0 Å².